The lowest BCUT2D eigenvalue weighted by atomic mass is 10.1. The van der Waals surface area contributed by atoms with Crippen molar-refractivity contribution in [2.24, 2.45) is 10.2 Å². The number of hydrogen-bond acceptors (Lipinski definition) is 3. The molecule has 0 aliphatic rings. The molecule has 0 amide bonds. The number of nitrogens with zero attached hydrogens (tertiary/aromatic N) is 2. The van der Waals surface area contributed by atoms with Gasteiger partial charge in [0.15, 0.2) is 5.75 Å². The van der Waals surface area contributed by atoms with E-state index < -0.39 is 0 Å². The van der Waals surface area contributed by atoms with Crippen molar-refractivity contribution in [2.75, 3.05) is 0 Å². The van der Waals surface area contributed by atoms with Crippen LogP contribution in [0.1, 0.15) is 12.5 Å². The molecule has 19 heavy (non-hydrogen) atoms. The molecule has 2 rings (SSSR count). The fourth-order valence-corrected chi connectivity index (χ4v) is 2.30. The molecular formula is C14H12Br2N2O. The van der Waals surface area contributed by atoms with Crippen LogP contribution in [-0.2, 0) is 6.42 Å². The number of rotatable bonds is 3. The first-order valence-electron chi connectivity index (χ1n) is 5.79. The van der Waals surface area contributed by atoms with Gasteiger partial charge >= 0.3 is 0 Å². The number of azo groups is 1. The molecule has 0 aliphatic heterocycles. The Kier molecular flexibility index (Phi) is 4.71. The molecule has 1 N–H and O–H groups in total. The first-order chi connectivity index (χ1) is 9.10. The molecule has 5 heteroatoms. The van der Waals surface area contributed by atoms with Gasteiger partial charge in [-0.05, 0) is 64.3 Å². The maximum Gasteiger partial charge on any atom is 0.157 e. The Morgan fingerprint density at radius 1 is 1.05 bits per heavy atom. The standard InChI is InChI=1S/C14H12Br2N2O/c1-2-9-7-12(16)14(19)13(8-9)18-17-11-5-3-10(15)4-6-11/h3-8,19H,2H2,1H3. The average molecular weight is 384 g/mol. The molecule has 0 unspecified atom stereocenters. The number of phenols is 1. The van der Waals surface area contributed by atoms with E-state index in [-0.39, 0.29) is 5.75 Å². The van der Waals surface area contributed by atoms with Crippen LogP contribution in [-0.4, -0.2) is 5.11 Å². The lowest BCUT2D eigenvalue weighted by Crippen LogP contribution is -1.80. The molecule has 0 bridgehead atoms. The Morgan fingerprint density at radius 2 is 1.74 bits per heavy atom. The van der Waals surface area contributed by atoms with E-state index in [0.29, 0.717) is 10.2 Å². The summed E-state index contributed by atoms with van der Waals surface area (Å²) < 4.78 is 1.63. The molecule has 0 saturated carbocycles. The summed E-state index contributed by atoms with van der Waals surface area (Å²) in [6, 6.07) is 11.2. The second kappa shape index (κ2) is 6.30. The summed E-state index contributed by atoms with van der Waals surface area (Å²) in [7, 11) is 0. The largest absolute Gasteiger partial charge is 0.505 e. The smallest absolute Gasteiger partial charge is 0.157 e. The molecule has 0 atom stereocenters. The van der Waals surface area contributed by atoms with Gasteiger partial charge in [0.1, 0.15) is 5.69 Å². The molecule has 3 nitrogen and oxygen atoms in total. The molecular weight excluding hydrogens is 372 g/mol. The summed E-state index contributed by atoms with van der Waals surface area (Å²) >= 11 is 6.68. The number of benzene rings is 2. The molecule has 0 radical (unpaired) electrons. The van der Waals surface area contributed by atoms with Crippen molar-refractivity contribution in [3.8, 4) is 5.75 Å². The number of aryl methyl sites for hydroxylation is 1. The van der Waals surface area contributed by atoms with E-state index in [1.54, 1.807) is 0 Å². The van der Waals surface area contributed by atoms with Gasteiger partial charge in [0.2, 0.25) is 0 Å². The van der Waals surface area contributed by atoms with Gasteiger partial charge in [-0.3, -0.25) is 0 Å². The van der Waals surface area contributed by atoms with Gasteiger partial charge in [0.25, 0.3) is 0 Å². The van der Waals surface area contributed by atoms with E-state index in [1.165, 1.54) is 0 Å². The van der Waals surface area contributed by atoms with Gasteiger partial charge < -0.3 is 5.11 Å². The van der Waals surface area contributed by atoms with Crippen LogP contribution in [0.2, 0.25) is 0 Å². The van der Waals surface area contributed by atoms with Crippen LogP contribution in [0.4, 0.5) is 11.4 Å². The number of aromatic hydroxyl groups is 1. The molecule has 98 valence electrons. The fourth-order valence-electron chi connectivity index (χ4n) is 1.54. The Morgan fingerprint density at radius 3 is 2.37 bits per heavy atom. The Labute approximate surface area is 128 Å². The molecule has 0 aliphatic carbocycles. The monoisotopic (exact) mass is 382 g/mol. The van der Waals surface area contributed by atoms with E-state index in [2.05, 4.69) is 49.0 Å². The van der Waals surface area contributed by atoms with E-state index >= 15 is 0 Å². The van der Waals surface area contributed by atoms with Crippen molar-refractivity contribution in [3.63, 3.8) is 0 Å². The summed E-state index contributed by atoms with van der Waals surface area (Å²) in [5.41, 5.74) is 2.30. The minimum absolute atomic E-state index is 0.109. The minimum Gasteiger partial charge on any atom is -0.505 e. The highest BCUT2D eigenvalue weighted by Gasteiger charge is 2.07. The molecule has 0 spiro atoms. The van der Waals surface area contributed by atoms with Crippen molar-refractivity contribution in [3.05, 3.63) is 50.9 Å². The Hall–Kier alpha value is -1.20. The van der Waals surface area contributed by atoms with Crippen LogP contribution < -0.4 is 0 Å². The van der Waals surface area contributed by atoms with Crippen molar-refractivity contribution in [1.82, 2.24) is 0 Å². The van der Waals surface area contributed by atoms with E-state index in [1.807, 2.05) is 36.4 Å². The number of phenolic OH excluding ortho intramolecular Hbond substituents is 1. The second-order valence-corrected chi connectivity index (χ2v) is 5.75. The lowest BCUT2D eigenvalue weighted by molar-refractivity contribution is 0.473. The Balaban J connectivity index is 2.32. The van der Waals surface area contributed by atoms with Gasteiger partial charge in [-0.25, -0.2) is 0 Å². The van der Waals surface area contributed by atoms with E-state index in [9.17, 15) is 5.11 Å². The zero-order valence-electron chi connectivity index (χ0n) is 10.3. The molecule has 0 heterocycles. The summed E-state index contributed by atoms with van der Waals surface area (Å²) in [6.07, 6.45) is 0.875. The first kappa shape index (κ1) is 14.2. The molecule has 2 aromatic rings. The van der Waals surface area contributed by atoms with Crippen molar-refractivity contribution >= 4 is 43.2 Å². The SMILES string of the molecule is CCc1cc(Br)c(O)c(N=Nc2ccc(Br)cc2)c1. The average Bonchev–Trinajstić information content (AvgIpc) is 2.42. The molecule has 0 fully saturated rings. The molecule has 2 aromatic carbocycles. The summed E-state index contributed by atoms with van der Waals surface area (Å²) in [5, 5.41) is 18.2. The van der Waals surface area contributed by atoms with Gasteiger partial charge in [0.05, 0.1) is 10.2 Å². The van der Waals surface area contributed by atoms with Crippen LogP contribution >= 0.6 is 31.9 Å². The molecule has 0 saturated heterocycles. The predicted octanol–water partition coefficient (Wildman–Crippen LogP) is 5.90. The van der Waals surface area contributed by atoms with Crippen LogP contribution in [0.15, 0.2) is 55.6 Å². The quantitative estimate of drug-likeness (QED) is 0.659. The number of hydrogen-bond donors (Lipinski definition) is 1. The highest BCUT2D eigenvalue weighted by Crippen LogP contribution is 2.36. The van der Waals surface area contributed by atoms with Gasteiger partial charge in [-0.15, -0.1) is 5.11 Å². The highest BCUT2D eigenvalue weighted by atomic mass is 79.9. The van der Waals surface area contributed by atoms with Crippen molar-refractivity contribution < 1.29 is 5.11 Å². The van der Waals surface area contributed by atoms with Crippen LogP contribution in [0.3, 0.4) is 0 Å². The predicted molar refractivity (Wildman–Crippen MR) is 83.5 cm³/mol. The third-order valence-electron chi connectivity index (χ3n) is 2.61. The van der Waals surface area contributed by atoms with E-state index in [0.717, 1.165) is 22.1 Å². The van der Waals surface area contributed by atoms with Crippen molar-refractivity contribution in [2.45, 2.75) is 13.3 Å². The van der Waals surface area contributed by atoms with Gasteiger partial charge in [-0.1, -0.05) is 22.9 Å². The number of halogens is 2. The normalized spacial score (nSPS) is 11.1. The lowest BCUT2D eigenvalue weighted by Gasteiger charge is -2.04. The van der Waals surface area contributed by atoms with Crippen LogP contribution in [0.25, 0.3) is 0 Å². The summed E-state index contributed by atoms with van der Waals surface area (Å²) in [4.78, 5) is 0. The molecule has 0 aromatic heterocycles. The van der Waals surface area contributed by atoms with Gasteiger partial charge in [-0.2, -0.15) is 5.11 Å². The zero-order valence-corrected chi connectivity index (χ0v) is 13.4. The van der Waals surface area contributed by atoms with Crippen LogP contribution in [0.5, 0.6) is 5.75 Å². The third-order valence-corrected chi connectivity index (χ3v) is 3.74. The van der Waals surface area contributed by atoms with Crippen LogP contribution in [0, 0.1) is 0 Å². The fraction of sp³-hybridized carbons (Fsp3) is 0.143. The Bertz CT molecular complexity index is 610. The topological polar surface area (TPSA) is 45.0 Å². The minimum atomic E-state index is 0.109. The van der Waals surface area contributed by atoms with Crippen molar-refractivity contribution in [1.29, 1.82) is 0 Å². The first-order valence-corrected chi connectivity index (χ1v) is 7.37. The summed E-state index contributed by atoms with van der Waals surface area (Å²) in [5.74, 6) is 0.109. The third kappa shape index (κ3) is 3.64. The van der Waals surface area contributed by atoms with Gasteiger partial charge in [0, 0.05) is 4.47 Å². The maximum absolute atomic E-state index is 9.93. The maximum atomic E-state index is 9.93. The zero-order chi connectivity index (χ0) is 13.8. The second-order valence-electron chi connectivity index (χ2n) is 3.98. The highest BCUT2D eigenvalue weighted by molar-refractivity contribution is 9.10. The summed E-state index contributed by atoms with van der Waals surface area (Å²) in [6.45, 7) is 2.05. The van der Waals surface area contributed by atoms with E-state index in [4.69, 9.17) is 0 Å².